The highest BCUT2D eigenvalue weighted by molar-refractivity contribution is 7.80. The van der Waals surface area contributed by atoms with Crippen molar-refractivity contribution < 1.29 is 14.3 Å². The van der Waals surface area contributed by atoms with Crippen LogP contribution >= 0.6 is 12.6 Å². The van der Waals surface area contributed by atoms with Gasteiger partial charge in [-0.1, -0.05) is 63.2 Å². The van der Waals surface area contributed by atoms with Crippen LogP contribution in [0.25, 0.3) is 21.9 Å². The highest BCUT2D eigenvalue weighted by Gasteiger charge is 2.16. The second kappa shape index (κ2) is 13.6. The molecule has 0 aliphatic carbocycles. The van der Waals surface area contributed by atoms with Crippen LogP contribution in [0.5, 0.6) is 0 Å². The fourth-order valence-electron chi connectivity index (χ4n) is 3.17. The lowest BCUT2D eigenvalue weighted by Gasteiger charge is -2.16. The number of esters is 1. The summed E-state index contributed by atoms with van der Waals surface area (Å²) in [4.78, 5) is 24.3. The smallest absolute Gasteiger partial charge is 0.325 e. The van der Waals surface area contributed by atoms with Crippen molar-refractivity contribution in [2.45, 2.75) is 26.8 Å². The van der Waals surface area contributed by atoms with Gasteiger partial charge in [0.1, 0.15) is 6.54 Å². The molecule has 0 radical (unpaired) electrons. The molecular weight excluding hydrogens is 446 g/mol. The summed E-state index contributed by atoms with van der Waals surface area (Å²) in [6.07, 6.45) is 0. The molecule has 0 unspecified atom stereocenters. The number of methoxy groups -OCH3 is 1. The average molecular weight is 482 g/mol. The van der Waals surface area contributed by atoms with Crippen LogP contribution in [0.2, 0.25) is 0 Å². The molecule has 0 aliphatic rings. The lowest BCUT2D eigenvalue weighted by Crippen LogP contribution is -2.31. The van der Waals surface area contributed by atoms with E-state index in [1.807, 2.05) is 54.6 Å². The number of rotatable bonds is 8. The topological polar surface area (TPSA) is 93.4 Å². The van der Waals surface area contributed by atoms with Crippen LogP contribution in [0, 0.1) is 5.92 Å². The second-order valence-corrected chi connectivity index (χ2v) is 8.97. The Bertz CT molecular complexity index is 1090. The zero-order chi connectivity index (χ0) is 25.1. The maximum Gasteiger partial charge on any atom is 0.325 e. The van der Waals surface area contributed by atoms with Gasteiger partial charge < -0.3 is 21.1 Å². The van der Waals surface area contributed by atoms with Crippen LogP contribution < -0.4 is 16.4 Å². The predicted octanol–water partition coefficient (Wildman–Crippen LogP) is 4.74. The number of thiol groups is 1. The Kier molecular flexibility index (Phi) is 10.9. The number of benzene rings is 3. The summed E-state index contributed by atoms with van der Waals surface area (Å²) in [5.74, 6) is 0.549. The molecule has 0 heterocycles. The molecule has 1 atom stereocenters. The summed E-state index contributed by atoms with van der Waals surface area (Å²) < 4.78 is 4.61. The maximum atomic E-state index is 12.8. The molecule has 7 heteroatoms. The summed E-state index contributed by atoms with van der Waals surface area (Å²) in [5, 5.41) is 8.03. The number of nitrogens with one attached hydrogen (secondary N) is 2. The lowest BCUT2D eigenvalue weighted by atomic mass is 9.93. The molecule has 3 aromatic carbocycles. The van der Waals surface area contributed by atoms with E-state index >= 15 is 0 Å². The average Bonchev–Trinajstić information content (AvgIpc) is 2.84. The third-order valence-corrected chi connectivity index (χ3v) is 5.24. The summed E-state index contributed by atoms with van der Waals surface area (Å²) in [6.45, 7) is 6.87. The number of hydrogen-bond acceptors (Lipinski definition) is 6. The molecule has 0 bridgehead atoms. The highest BCUT2D eigenvalue weighted by Crippen LogP contribution is 2.33. The van der Waals surface area contributed by atoms with Gasteiger partial charge in [0.15, 0.2) is 0 Å². The number of anilines is 1. The summed E-state index contributed by atoms with van der Waals surface area (Å²) in [6, 6.07) is 19.4. The van der Waals surface area contributed by atoms with E-state index in [0.29, 0.717) is 17.9 Å². The normalized spacial score (nSPS) is 11.4. The molecule has 0 fully saturated rings. The Hall–Kier alpha value is -3.03. The number of nitrogens with two attached hydrogens (primary N) is 1. The SMILES string of the molecule is CC(C)C.COC(=O)CNC(=O)c1ccc(NC[C@@H](N)CS)cc1-c1cccc2ccccc12. The predicted molar refractivity (Wildman–Crippen MR) is 145 cm³/mol. The van der Waals surface area contributed by atoms with Crippen LogP contribution in [-0.2, 0) is 9.53 Å². The second-order valence-electron chi connectivity index (χ2n) is 8.60. The van der Waals surface area contributed by atoms with Crippen molar-refractivity contribution in [3.8, 4) is 11.1 Å². The fraction of sp³-hybridized carbons (Fsp3) is 0.333. The molecule has 0 saturated heterocycles. The van der Waals surface area contributed by atoms with E-state index in [1.165, 1.54) is 7.11 Å². The Morgan fingerprint density at radius 2 is 1.68 bits per heavy atom. The Morgan fingerprint density at radius 3 is 2.35 bits per heavy atom. The molecule has 4 N–H and O–H groups in total. The molecule has 182 valence electrons. The van der Waals surface area contributed by atoms with E-state index in [2.05, 4.69) is 48.8 Å². The molecule has 0 aromatic heterocycles. The van der Waals surface area contributed by atoms with Crippen LogP contribution in [0.4, 0.5) is 5.69 Å². The van der Waals surface area contributed by atoms with Crippen LogP contribution in [0.15, 0.2) is 60.7 Å². The van der Waals surface area contributed by atoms with Gasteiger partial charge in [0, 0.05) is 29.6 Å². The van der Waals surface area contributed by atoms with Gasteiger partial charge in [-0.15, -0.1) is 0 Å². The summed E-state index contributed by atoms with van der Waals surface area (Å²) >= 11 is 4.22. The molecule has 0 spiro atoms. The molecule has 34 heavy (non-hydrogen) atoms. The van der Waals surface area contributed by atoms with Crippen molar-refractivity contribution >= 4 is 41.0 Å². The Balaban J connectivity index is 0.000000945. The van der Waals surface area contributed by atoms with Crippen molar-refractivity contribution in [3.63, 3.8) is 0 Å². The van der Waals surface area contributed by atoms with Gasteiger partial charge in [0.2, 0.25) is 0 Å². The zero-order valence-electron chi connectivity index (χ0n) is 20.3. The largest absolute Gasteiger partial charge is 0.468 e. The van der Waals surface area contributed by atoms with Crippen LogP contribution in [0.3, 0.4) is 0 Å². The first kappa shape index (κ1) is 27.2. The summed E-state index contributed by atoms with van der Waals surface area (Å²) in [7, 11) is 1.28. The Morgan fingerprint density at radius 1 is 1.00 bits per heavy atom. The number of ether oxygens (including phenoxy) is 1. The van der Waals surface area contributed by atoms with Gasteiger partial charge in [-0.3, -0.25) is 9.59 Å². The van der Waals surface area contributed by atoms with Gasteiger partial charge in [0.05, 0.1) is 7.11 Å². The third kappa shape index (κ3) is 8.08. The van der Waals surface area contributed by atoms with Crippen molar-refractivity contribution in [2.75, 3.05) is 31.3 Å². The standard InChI is InChI=1S/C23H25N3O3S.C4H10/c1-29-22(27)13-26-23(28)20-10-9-17(25-12-16(24)14-30)11-21(20)19-8-4-6-15-5-2-3-7-18(15)19;1-4(2)3/h2-11,16,25,30H,12-14,24H2,1H3,(H,26,28);4H,1-3H3/t16-;/m1./s1. The molecule has 0 saturated carbocycles. The van der Waals surface area contributed by atoms with Gasteiger partial charge in [-0.05, 0) is 46.0 Å². The van der Waals surface area contributed by atoms with Crippen LogP contribution in [0.1, 0.15) is 31.1 Å². The molecule has 1 amide bonds. The van der Waals surface area contributed by atoms with Crippen LogP contribution in [-0.4, -0.2) is 43.9 Å². The quantitative estimate of drug-likeness (QED) is 0.275. The monoisotopic (exact) mass is 481 g/mol. The van der Waals surface area contributed by atoms with E-state index < -0.39 is 5.97 Å². The number of hydrogen-bond donors (Lipinski definition) is 4. The molecule has 3 rings (SSSR count). The first-order valence-corrected chi connectivity index (χ1v) is 12.0. The van der Waals surface area contributed by atoms with E-state index in [9.17, 15) is 9.59 Å². The number of carbonyl (C=O) groups is 2. The van der Waals surface area contributed by atoms with E-state index in [1.54, 1.807) is 6.07 Å². The molecular formula is C27H35N3O3S. The Labute approximate surface area is 207 Å². The first-order valence-electron chi connectivity index (χ1n) is 11.3. The van der Waals surface area contributed by atoms with E-state index in [4.69, 9.17) is 5.73 Å². The van der Waals surface area contributed by atoms with Crippen molar-refractivity contribution in [3.05, 3.63) is 66.2 Å². The zero-order valence-corrected chi connectivity index (χ0v) is 21.2. The number of carbonyl (C=O) groups excluding carboxylic acids is 2. The molecule has 0 aliphatic heterocycles. The summed E-state index contributed by atoms with van der Waals surface area (Å²) in [5.41, 5.74) is 8.97. The molecule has 3 aromatic rings. The lowest BCUT2D eigenvalue weighted by molar-refractivity contribution is -0.139. The van der Waals surface area contributed by atoms with Crippen molar-refractivity contribution in [1.29, 1.82) is 0 Å². The third-order valence-electron chi connectivity index (χ3n) is 4.77. The molecule has 6 nitrogen and oxygen atoms in total. The first-order chi connectivity index (χ1) is 16.3. The minimum atomic E-state index is -0.505. The van der Waals surface area contributed by atoms with Gasteiger partial charge in [-0.2, -0.15) is 12.6 Å². The van der Waals surface area contributed by atoms with E-state index in [0.717, 1.165) is 33.5 Å². The van der Waals surface area contributed by atoms with Crippen molar-refractivity contribution in [1.82, 2.24) is 5.32 Å². The number of fused-ring (bicyclic) bond motifs is 1. The maximum absolute atomic E-state index is 12.8. The van der Waals surface area contributed by atoms with Gasteiger partial charge >= 0.3 is 5.97 Å². The van der Waals surface area contributed by atoms with E-state index in [-0.39, 0.29) is 18.5 Å². The minimum absolute atomic E-state index is 0.0858. The van der Waals surface area contributed by atoms with Crippen molar-refractivity contribution in [2.24, 2.45) is 11.7 Å². The minimum Gasteiger partial charge on any atom is -0.468 e. The highest BCUT2D eigenvalue weighted by atomic mass is 32.1. The van der Waals surface area contributed by atoms with Gasteiger partial charge in [0.25, 0.3) is 5.91 Å². The van der Waals surface area contributed by atoms with Gasteiger partial charge in [-0.25, -0.2) is 0 Å². The number of amides is 1. The fourth-order valence-corrected chi connectivity index (χ4v) is 3.30.